The highest BCUT2D eigenvalue weighted by Gasteiger charge is 2.17. The Hall–Kier alpha value is -2.04. The fourth-order valence-electron chi connectivity index (χ4n) is 1.59. The van der Waals surface area contributed by atoms with Gasteiger partial charge in [-0.15, -0.1) is 0 Å². The molecule has 1 amide bonds. The highest BCUT2D eigenvalue weighted by atomic mass is 16.6. The normalized spacial score (nSPS) is 10.8. The van der Waals surface area contributed by atoms with Gasteiger partial charge in [0.1, 0.15) is 17.2 Å². The minimum Gasteiger partial charge on any atom is -0.494 e. The van der Waals surface area contributed by atoms with Crippen LogP contribution in [0.25, 0.3) is 5.76 Å². The summed E-state index contributed by atoms with van der Waals surface area (Å²) in [5.74, 6) is 1.01. The second-order valence-electron chi connectivity index (χ2n) is 5.31. The zero-order chi connectivity index (χ0) is 15.3. The van der Waals surface area contributed by atoms with E-state index in [0.717, 1.165) is 11.3 Å². The van der Waals surface area contributed by atoms with Crippen LogP contribution in [0, 0.1) is 6.92 Å². The van der Waals surface area contributed by atoms with Crippen LogP contribution < -0.4 is 5.32 Å². The van der Waals surface area contributed by atoms with Gasteiger partial charge in [0.15, 0.2) is 0 Å². The van der Waals surface area contributed by atoms with Crippen molar-refractivity contribution in [2.45, 2.75) is 40.2 Å². The molecule has 5 heteroatoms. The maximum atomic E-state index is 11.6. The topological polar surface area (TPSA) is 60.5 Å². The molecule has 5 nitrogen and oxygen atoms in total. The fraction of sp³-hybridized carbons (Fsp3) is 0.467. The van der Waals surface area contributed by atoms with Gasteiger partial charge in [0.05, 0.1) is 12.3 Å². The number of aryl methyl sites for hydroxylation is 1. The minimum atomic E-state index is -0.539. The smallest absolute Gasteiger partial charge is 0.413 e. The van der Waals surface area contributed by atoms with Crippen molar-refractivity contribution in [3.05, 3.63) is 30.0 Å². The summed E-state index contributed by atoms with van der Waals surface area (Å²) >= 11 is 0. The number of anilines is 1. The molecule has 0 saturated heterocycles. The third kappa shape index (κ3) is 4.91. The Bertz CT molecular complexity index is 504. The lowest BCUT2D eigenvalue weighted by atomic mass is 10.2. The average Bonchev–Trinajstić information content (AvgIpc) is 2.26. The van der Waals surface area contributed by atoms with Gasteiger partial charge in [0, 0.05) is 5.56 Å². The summed E-state index contributed by atoms with van der Waals surface area (Å²) in [6, 6.07) is 3.50. The highest BCUT2D eigenvalue weighted by Crippen LogP contribution is 2.19. The van der Waals surface area contributed by atoms with Crippen molar-refractivity contribution in [3.8, 4) is 0 Å². The lowest BCUT2D eigenvalue weighted by Gasteiger charge is -2.19. The maximum Gasteiger partial charge on any atom is 0.413 e. The van der Waals surface area contributed by atoms with Gasteiger partial charge < -0.3 is 9.47 Å². The zero-order valence-electron chi connectivity index (χ0n) is 12.7. The first-order valence-electron chi connectivity index (χ1n) is 6.52. The first-order chi connectivity index (χ1) is 9.23. The number of ether oxygens (including phenoxy) is 2. The first-order valence-corrected chi connectivity index (χ1v) is 6.52. The van der Waals surface area contributed by atoms with Gasteiger partial charge in [0.25, 0.3) is 0 Å². The highest BCUT2D eigenvalue weighted by molar-refractivity contribution is 5.83. The number of amides is 1. The Kier molecular flexibility index (Phi) is 5.13. The molecule has 0 radical (unpaired) electrons. The molecule has 0 aliphatic rings. The van der Waals surface area contributed by atoms with Gasteiger partial charge in [0.2, 0.25) is 0 Å². The number of carbonyl (C=O) groups is 1. The second kappa shape index (κ2) is 6.41. The van der Waals surface area contributed by atoms with Crippen molar-refractivity contribution in [1.29, 1.82) is 0 Å². The van der Waals surface area contributed by atoms with Gasteiger partial charge in [-0.05, 0) is 46.8 Å². The Balaban J connectivity index is 2.78. The summed E-state index contributed by atoms with van der Waals surface area (Å²) in [7, 11) is 0. The molecular formula is C15H22N2O3. The molecule has 20 heavy (non-hydrogen) atoms. The molecule has 0 bridgehead atoms. The number of nitrogens with zero attached hydrogens (tertiary/aromatic N) is 1. The van der Waals surface area contributed by atoms with Crippen LogP contribution in [0.4, 0.5) is 10.6 Å². The lowest BCUT2D eigenvalue weighted by molar-refractivity contribution is 0.0635. The van der Waals surface area contributed by atoms with Gasteiger partial charge >= 0.3 is 6.09 Å². The van der Waals surface area contributed by atoms with Gasteiger partial charge in [-0.3, -0.25) is 5.32 Å². The summed E-state index contributed by atoms with van der Waals surface area (Å²) in [5, 5.41) is 2.59. The van der Waals surface area contributed by atoms with E-state index in [1.54, 1.807) is 26.8 Å². The van der Waals surface area contributed by atoms with Crippen molar-refractivity contribution in [2.24, 2.45) is 0 Å². The molecule has 0 aromatic carbocycles. The monoisotopic (exact) mass is 278 g/mol. The average molecular weight is 278 g/mol. The van der Waals surface area contributed by atoms with Crippen molar-refractivity contribution in [3.63, 3.8) is 0 Å². The van der Waals surface area contributed by atoms with E-state index in [1.807, 2.05) is 19.9 Å². The summed E-state index contributed by atoms with van der Waals surface area (Å²) in [6.07, 6.45) is -0.527. The minimum absolute atomic E-state index is 0.435. The van der Waals surface area contributed by atoms with Gasteiger partial charge in [-0.1, -0.05) is 6.58 Å². The van der Waals surface area contributed by atoms with Crippen LogP contribution in [0.2, 0.25) is 0 Å². The third-order valence-electron chi connectivity index (χ3n) is 2.33. The Morgan fingerprint density at radius 1 is 1.40 bits per heavy atom. The molecule has 1 rings (SSSR count). The van der Waals surface area contributed by atoms with Crippen LogP contribution in [-0.2, 0) is 9.47 Å². The van der Waals surface area contributed by atoms with Crippen molar-refractivity contribution >= 4 is 17.7 Å². The van der Waals surface area contributed by atoms with Crippen molar-refractivity contribution < 1.29 is 14.3 Å². The van der Waals surface area contributed by atoms with E-state index >= 15 is 0 Å². The zero-order valence-corrected chi connectivity index (χ0v) is 12.7. The van der Waals surface area contributed by atoms with Crippen LogP contribution in [0.3, 0.4) is 0 Å². The lowest BCUT2D eigenvalue weighted by Crippen LogP contribution is -2.27. The number of hydrogen-bond donors (Lipinski definition) is 1. The van der Waals surface area contributed by atoms with Crippen LogP contribution in [0.1, 0.15) is 39.0 Å². The third-order valence-corrected chi connectivity index (χ3v) is 2.33. The first kappa shape index (κ1) is 16.0. The molecule has 0 atom stereocenters. The molecule has 0 aliphatic carbocycles. The van der Waals surface area contributed by atoms with Gasteiger partial charge in [-0.2, -0.15) is 0 Å². The van der Waals surface area contributed by atoms with E-state index in [4.69, 9.17) is 9.47 Å². The molecule has 0 aliphatic heterocycles. The largest absolute Gasteiger partial charge is 0.494 e. The van der Waals surface area contributed by atoms with Crippen molar-refractivity contribution in [2.75, 3.05) is 11.9 Å². The Morgan fingerprint density at radius 3 is 2.55 bits per heavy atom. The molecule has 0 spiro atoms. The standard InChI is InChI=1S/C15H22N2O3/c1-7-19-11(3)12-8-9-13(16-10(12)2)17-14(18)20-15(4,5)6/h8-9H,3,7H2,1-2,4-6H3,(H,16,17,18). The fourth-order valence-corrected chi connectivity index (χ4v) is 1.59. The number of nitrogens with one attached hydrogen (secondary N) is 1. The molecule has 0 saturated carbocycles. The molecule has 1 heterocycles. The number of pyridine rings is 1. The quantitative estimate of drug-likeness (QED) is 0.852. The molecular weight excluding hydrogens is 256 g/mol. The maximum absolute atomic E-state index is 11.6. The van der Waals surface area contributed by atoms with Crippen LogP contribution in [0.5, 0.6) is 0 Å². The Labute approximate surface area is 120 Å². The molecule has 1 aromatic heterocycles. The molecule has 1 N–H and O–H groups in total. The van der Waals surface area contributed by atoms with Crippen LogP contribution >= 0.6 is 0 Å². The van der Waals surface area contributed by atoms with Crippen molar-refractivity contribution in [1.82, 2.24) is 4.98 Å². The molecule has 1 aromatic rings. The SMILES string of the molecule is C=C(OCC)c1ccc(NC(=O)OC(C)(C)C)nc1C. The summed E-state index contributed by atoms with van der Waals surface area (Å²) in [5.41, 5.74) is 1.01. The summed E-state index contributed by atoms with van der Waals surface area (Å²) < 4.78 is 10.5. The number of rotatable bonds is 4. The molecule has 0 unspecified atom stereocenters. The van der Waals surface area contributed by atoms with E-state index in [2.05, 4.69) is 16.9 Å². The van der Waals surface area contributed by atoms with E-state index in [0.29, 0.717) is 18.2 Å². The number of aromatic nitrogens is 1. The summed E-state index contributed by atoms with van der Waals surface area (Å²) in [6.45, 7) is 13.5. The second-order valence-corrected chi connectivity index (χ2v) is 5.31. The van der Waals surface area contributed by atoms with Crippen LogP contribution in [0.15, 0.2) is 18.7 Å². The number of carbonyl (C=O) groups excluding carboxylic acids is 1. The summed E-state index contributed by atoms with van der Waals surface area (Å²) in [4.78, 5) is 15.9. The number of hydrogen-bond acceptors (Lipinski definition) is 4. The van der Waals surface area contributed by atoms with E-state index in [1.165, 1.54) is 0 Å². The van der Waals surface area contributed by atoms with E-state index in [-0.39, 0.29) is 0 Å². The Morgan fingerprint density at radius 2 is 2.05 bits per heavy atom. The predicted molar refractivity (Wildman–Crippen MR) is 79.5 cm³/mol. The van der Waals surface area contributed by atoms with E-state index < -0.39 is 11.7 Å². The van der Waals surface area contributed by atoms with E-state index in [9.17, 15) is 4.79 Å². The predicted octanol–water partition coefficient (Wildman–Crippen LogP) is 3.74. The molecule has 110 valence electrons. The van der Waals surface area contributed by atoms with Gasteiger partial charge in [-0.25, -0.2) is 9.78 Å². The molecule has 0 fully saturated rings. The van der Waals surface area contributed by atoms with Crippen LogP contribution in [-0.4, -0.2) is 23.3 Å².